The summed E-state index contributed by atoms with van der Waals surface area (Å²) in [5.41, 5.74) is 9.49. The van der Waals surface area contributed by atoms with Crippen molar-refractivity contribution in [2.24, 2.45) is 5.73 Å². The van der Waals surface area contributed by atoms with Crippen molar-refractivity contribution in [2.45, 2.75) is 40.2 Å². The summed E-state index contributed by atoms with van der Waals surface area (Å²) in [5.74, 6) is 0.112. The van der Waals surface area contributed by atoms with Crippen molar-refractivity contribution in [1.82, 2.24) is 9.88 Å². The van der Waals surface area contributed by atoms with Gasteiger partial charge in [0.2, 0.25) is 0 Å². The van der Waals surface area contributed by atoms with Crippen molar-refractivity contribution in [1.29, 1.82) is 5.41 Å². The fourth-order valence-electron chi connectivity index (χ4n) is 3.39. The minimum absolute atomic E-state index is 0.112. The summed E-state index contributed by atoms with van der Waals surface area (Å²) in [6, 6.07) is 2.66. The van der Waals surface area contributed by atoms with Gasteiger partial charge in [-0.05, 0) is 39.4 Å². The van der Waals surface area contributed by atoms with Crippen LogP contribution in [0, 0.1) is 19.3 Å². The summed E-state index contributed by atoms with van der Waals surface area (Å²) in [4.78, 5) is 9.33. The normalized spacial score (nSPS) is 18.5. The predicted molar refractivity (Wildman–Crippen MR) is 88.3 cm³/mol. The molecule has 0 bridgehead atoms. The Morgan fingerprint density at radius 1 is 1.43 bits per heavy atom. The van der Waals surface area contributed by atoms with E-state index in [4.69, 9.17) is 11.1 Å². The highest BCUT2D eigenvalue weighted by Crippen LogP contribution is 2.28. The second-order valence-electron chi connectivity index (χ2n) is 5.77. The van der Waals surface area contributed by atoms with E-state index >= 15 is 0 Å². The summed E-state index contributed by atoms with van der Waals surface area (Å²) in [7, 11) is 0. The highest BCUT2D eigenvalue weighted by Gasteiger charge is 2.28. The van der Waals surface area contributed by atoms with Crippen molar-refractivity contribution < 1.29 is 0 Å². The summed E-state index contributed by atoms with van der Waals surface area (Å²) in [6.45, 7) is 12.6. The number of pyridine rings is 1. The lowest BCUT2D eigenvalue weighted by Crippen LogP contribution is -2.37. The van der Waals surface area contributed by atoms with Crippen LogP contribution in [0.4, 0.5) is 5.69 Å². The smallest absolute Gasteiger partial charge is 0.126 e. The van der Waals surface area contributed by atoms with Gasteiger partial charge in [0.15, 0.2) is 0 Å². The quantitative estimate of drug-likeness (QED) is 0.641. The number of nitrogen functional groups attached to an aromatic ring is 1. The van der Waals surface area contributed by atoms with Crippen LogP contribution in [-0.2, 0) is 0 Å². The Hall–Kier alpha value is -1.62. The molecule has 0 amide bonds. The molecule has 5 heteroatoms. The number of nitrogens with two attached hydrogens (primary N) is 1. The van der Waals surface area contributed by atoms with Gasteiger partial charge in [-0.1, -0.05) is 13.8 Å². The van der Waals surface area contributed by atoms with Gasteiger partial charge in [0.05, 0.1) is 16.9 Å². The van der Waals surface area contributed by atoms with Crippen LogP contribution in [-0.4, -0.2) is 47.9 Å². The number of nitrogens with zero attached hydrogens (tertiary/aromatic N) is 3. The molecule has 0 spiro atoms. The Kier molecular flexibility index (Phi) is 4.83. The highest BCUT2D eigenvalue weighted by atomic mass is 15.3. The molecule has 0 aliphatic carbocycles. The van der Waals surface area contributed by atoms with Gasteiger partial charge in [-0.3, -0.25) is 15.3 Å². The Bertz CT molecular complexity index is 522. The van der Waals surface area contributed by atoms with Crippen LogP contribution in [0.15, 0.2) is 6.07 Å². The molecule has 1 aliphatic rings. The van der Waals surface area contributed by atoms with E-state index in [1.807, 2.05) is 13.8 Å². The van der Waals surface area contributed by atoms with Crippen LogP contribution >= 0.6 is 0 Å². The maximum Gasteiger partial charge on any atom is 0.126 e. The lowest BCUT2D eigenvalue weighted by atomic mass is 10.1. The molecule has 1 atom stereocenters. The second-order valence-corrected chi connectivity index (χ2v) is 5.77. The topological polar surface area (TPSA) is 69.2 Å². The molecule has 1 fully saturated rings. The summed E-state index contributed by atoms with van der Waals surface area (Å²) >= 11 is 0. The van der Waals surface area contributed by atoms with E-state index in [0.717, 1.165) is 48.8 Å². The molecule has 0 aromatic carbocycles. The van der Waals surface area contributed by atoms with E-state index in [1.54, 1.807) is 0 Å². The zero-order valence-corrected chi connectivity index (χ0v) is 13.6. The molecular formula is C16H27N5. The van der Waals surface area contributed by atoms with Crippen molar-refractivity contribution in [3.05, 3.63) is 23.0 Å². The molecule has 1 saturated heterocycles. The second kappa shape index (κ2) is 6.43. The minimum Gasteiger partial charge on any atom is -0.384 e. The molecule has 21 heavy (non-hydrogen) atoms. The molecule has 5 nitrogen and oxygen atoms in total. The molecule has 2 rings (SSSR count). The Labute approximate surface area is 127 Å². The first kappa shape index (κ1) is 15.8. The summed E-state index contributed by atoms with van der Waals surface area (Å²) in [5, 5.41) is 7.86. The van der Waals surface area contributed by atoms with Crippen LogP contribution < -0.4 is 10.6 Å². The molecule has 1 aromatic heterocycles. The van der Waals surface area contributed by atoms with E-state index in [0.29, 0.717) is 6.04 Å². The van der Waals surface area contributed by atoms with Gasteiger partial charge < -0.3 is 10.6 Å². The number of likely N-dealkylation sites (N-methyl/N-ethyl adjacent to an activating group) is 1. The third-order valence-corrected chi connectivity index (χ3v) is 4.41. The van der Waals surface area contributed by atoms with Crippen molar-refractivity contribution >= 4 is 11.5 Å². The van der Waals surface area contributed by atoms with E-state index in [9.17, 15) is 0 Å². The van der Waals surface area contributed by atoms with Gasteiger partial charge in [-0.15, -0.1) is 0 Å². The predicted octanol–water partition coefficient (Wildman–Crippen LogP) is 1.90. The minimum atomic E-state index is 0.112. The third-order valence-electron chi connectivity index (χ3n) is 4.41. The molecule has 1 aliphatic heterocycles. The van der Waals surface area contributed by atoms with E-state index in [2.05, 4.69) is 34.7 Å². The molecule has 2 heterocycles. The van der Waals surface area contributed by atoms with E-state index in [1.165, 1.54) is 6.42 Å². The summed E-state index contributed by atoms with van der Waals surface area (Å²) in [6.07, 6.45) is 1.17. The van der Waals surface area contributed by atoms with E-state index < -0.39 is 0 Å². The van der Waals surface area contributed by atoms with Crippen molar-refractivity contribution in [2.75, 3.05) is 31.1 Å². The first-order chi connectivity index (χ1) is 9.97. The molecular weight excluding hydrogens is 262 g/mol. The maximum absolute atomic E-state index is 7.86. The van der Waals surface area contributed by atoms with Crippen molar-refractivity contribution in [3.8, 4) is 0 Å². The van der Waals surface area contributed by atoms with E-state index in [-0.39, 0.29) is 5.84 Å². The highest BCUT2D eigenvalue weighted by molar-refractivity contribution is 6.01. The van der Waals surface area contributed by atoms with Gasteiger partial charge in [0, 0.05) is 24.8 Å². The molecule has 0 saturated carbocycles. The van der Waals surface area contributed by atoms with Crippen LogP contribution in [0.5, 0.6) is 0 Å². The van der Waals surface area contributed by atoms with Gasteiger partial charge in [0.25, 0.3) is 0 Å². The molecule has 1 unspecified atom stereocenters. The Morgan fingerprint density at radius 3 is 2.67 bits per heavy atom. The lowest BCUT2D eigenvalue weighted by Gasteiger charge is -2.27. The molecule has 0 radical (unpaired) electrons. The van der Waals surface area contributed by atoms with Crippen molar-refractivity contribution in [3.63, 3.8) is 0 Å². The monoisotopic (exact) mass is 289 g/mol. The van der Waals surface area contributed by atoms with Crippen LogP contribution in [0.25, 0.3) is 0 Å². The third kappa shape index (κ3) is 3.18. The van der Waals surface area contributed by atoms with Crippen LogP contribution in [0.1, 0.15) is 37.2 Å². The number of amidine groups is 1. The number of nitrogens with one attached hydrogen (secondary N) is 1. The molecule has 3 N–H and O–H groups in total. The van der Waals surface area contributed by atoms with Crippen LogP contribution in [0.3, 0.4) is 0 Å². The Balaban J connectivity index is 2.29. The Morgan fingerprint density at radius 2 is 2.10 bits per heavy atom. The summed E-state index contributed by atoms with van der Waals surface area (Å²) < 4.78 is 0. The average Bonchev–Trinajstić information content (AvgIpc) is 2.88. The molecule has 116 valence electrons. The number of anilines is 1. The van der Waals surface area contributed by atoms with Gasteiger partial charge in [0.1, 0.15) is 5.84 Å². The number of aromatic nitrogens is 1. The van der Waals surface area contributed by atoms with Gasteiger partial charge in [-0.25, -0.2) is 0 Å². The number of hydrogen-bond donors (Lipinski definition) is 2. The largest absolute Gasteiger partial charge is 0.384 e. The fraction of sp³-hybridized carbons (Fsp3) is 0.625. The number of aryl methyl sites for hydroxylation is 2. The van der Waals surface area contributed by atoms with Gasteiger partial charge in [-0.2, -0.15) is 0 Å². The zero-order chi connectivity index (χ0) is 15.6. The molecule has 1 aromatic rings. The lowest BCUT2D eigenvalue weighted by molar-refractivity contribution is 0.232. The van der Waals surface area contributed by atoms with Gasteiger partial charge >= 0.3 is 0 Å². The standard InChI is InChI=1S/C16H27N5/c1-5-20(6-2)13-7-8-21(10-13)14-9-11(3)19-12(4)15(14)16(17)18/h9,13H,5-8,10H2,1-4H3,(H3,17,18). The number of hydrogen-bond acceptors (Lipinski definition) is 4. The zero-order valence-electron chi connectivity index (χ0n) is 13.6. The average molecular weight is 289 g/mol. The first-order valence-corrected chi connectivity index (χ1v) is 7.79. The fourth-order valence-corrected chi connectivity index (χ4v) is 3.39. The SMILES string of the molecule is CCN(CC)C1CCN(c2cc(C)nc(C)c2C(=N)N)C1. The number of rotatable bonds is 5. The maximum atomic E-state index is 7.86. The van der Waals surface area contributed by atoms with Crippen LogP contribution in [0.2, 0.25) is 0 Å². The first-order valence-electron chi connectivity index (χ1n) is 7.79.